The summed E-state index contributed by atoms with van der Waals surface area (Å²) in [6, 6.07) is 28.6. The molecular weight excluding hydrogens is 1180 g/mol. The Morgan fingerprint density at radius 1 is 0.477 bits per heavy atom. The van der Waals surface area contributed by atoms with Crippen molar-refractivity contribution in [1.29, 1.82) is 0 Å². The van der Waals surface area contributed by atoms with Crippen molar-refractivity contribution in [3.63, 3.8) is 0 Å². The van der Waals surface area contributed by atoms with Gasteiger partial charge in [0.05, 0.1) is 19.7 Å². The van der Waals surface area contributed by atoms with Crippen LogP contribution in [0.5, 0.6) is 17.2 Å². The largest absolute Gasteiger partial charge is 0.505 e. The Bertz CT molecular complexity index is 3820. The zero-order valence-electron chi connectivity index (χ0n) is 49.7. The van der Waals surface area contributed by atoms with E-state index in [2.05, 4.69) is 25.2 Å². The number of hydrogen-bond acceptors (Lipinski definition) is 11. The van der Waals surface area contributed by atoms with E-state index in [0.29, 0.717) is 64.3 Å². The molecule has 2 unspecified atom stereocenters. The minimum atomic E-state index is -1.03. The minimum Gasteiger partial charge on any atom is -0.505 e. The summed E-state index contributed by atoms with van der Waals surface area (Å²) in [5, 5.41) is 16.5. The third-order valence-corrected chi connectivity index (χ3v) is 16.9. The standard InChI is InChI=1S/2C23H23FN4O2S.C19H16FN3O2S/c2*1-14-11-15(5-7-19(14)25-4)27-21(29)23(2,3)28(22(27)31)16-6-8-20(18(24)12-16)30-17-9-10-26-13-17;1-11-9-12(5-7-15(11)21-4)22-17(25)19(2,3)23(18(22)26)13-6-8-16(24)14(20)10-13/h2*5-8,11-12,17,26H,9-10,13H2,1-3H3;5-10,24H,1-3H3. The number of benzene rings is 6. The molecule has 0 spiro atoms. The van der Waals surface area contributed by atoms with Gasteiger partial charge in [0, 0.05) is 65.4 Å². The summed E-state index contributed by atoms with van der Waals surface area (Å²) in [6.45, 7) is 40.5. The first-order valence-electron chi connectivity index (χ1n) is 28.0. The number of aryl methyl sites for hydroxylation is 3. The van der Waals surface area contributed by atoms with Gasteiger partial charge in [0.15, 0.2) is 67.1 Å². The third-order valence-electron chi connectivity index (χ3n) is 15.8. The van der Waals surface area contributed by atoms with Crippen LogP contribution in [0.2, 0.25) is 0 Å². The van der Waals surface area contributed by atoms with Crippen LogP contribution in [0.3, 0.4) is 0 Å². The molecule has 0 aliphatic carbocycles. The van der Waals surface area contributed by atoms with E-state index in [1.807, 2.05) is 13.8 Å². The highest BCUT2D eigenvalue weighted by atomic mass is 32.1. The van der Waals surface area contributed by atoms with Crippen LogP contribution in [-0.4, -0.2) is 93.2 Å². The SMILES string of the molecule is [C-]#[N+]c1ccc(N2C(=O)C(C)(C)N(c3ccc(O)c(F)c3)C2=S)cc1C.[C-]#[N+]c1ccc(N2C(=O)C(C)(C)N(c3ccc(OC4CCNC4)c(F)c3)C2=S)cc1C.[C-]#[N+]c1ccc(N2C(=O)C(C)(C)N(c3ccc(OC4CCNC4)c(F)c3)C2=S)cc1C. The Morgan fingerprint density at radius 2 is 0.773 bits per heavy atom. The second-order valence-corrected chi connectivity index (χ2v) is 24.1. The number of rotatable bonds is 10. The summed E-state index contributed by atoms with van der Waals surface area (Å²) in [7, 11) is 0. The van der Waals surface area contributed by atoms with Crippen LogP contribution in [0, 0.1) is 57.9 Å². The molecule has 6 aromatic carbocycles. The quantitative estimate of drug-likeness (QED) is 0.0883. The molecule has 3 amide bonds. The Labute approximate surface area is 525 Å². The van der Waals surface area contributed by atoms with E-state index in [1.54, 1.807) is 142 Å². The van der Waals surface area contributed by atoms with E-state index in [0.717, 1.165) is 48.7 Å². The molecule has 2 atom stereocenters. The fourth-order valence-corrected chi connectivity index (χ4v) is 12.5. The van der Waals surface area contributed by atoms with Gasteiger partial charge in [-0.1, -0.05) is 18.2 Å². The lowest BCUT2D eigenvalue weighted by molar-refractivity contribution is -0.121. The molecule has 5 aliphatic heterocycles. The number of thiocarbonyl (C=S) groups is 3. The first-order valence-corrected chi connectivity index (χ1v) is 29.2. The van der Waals surface area contributed by atoms with E-state index in [-0.39, 0.29) is 56.8 Å². The Kier molecular flexibility index (Phi) is 18.0. The third kappa shape index (κ3) is 11.9. The number of carbonyl (C=O) groups excluding carboxylic acids is 3. The lowest BCUT2D eigenvalue weighted by atomic mass is 10.0. The number of nitrogens with one attached hydrogen (secondary N) is 2. The summed E-state index contributed by atoms with van der Waals surface area (Å²) in [5.41, 5.74) is 3.82. The highest BCUT2D eigenvalue weighted by Gasteiger charge is 2.53. The first kappa shape index (κ1) is 63.5. The van der Waals surface area contributed by atoms with Crippen molar-refractivity contribution in [2.75, 3.05) is 55.6 Å². The van der Waals surface area contributed by atoms with Crippen LogP contribution >= 0.6 is 36.7 Å². The van der Waals surface area contributed by atoms with Crippen molar-refractivity contribution in [2.24, 2.45) is 0 Å². The maximum atomic E-state index is 14.8. The Hall–Kier alpha value is -9.02. The zero-order valence-corrected chi connectivity index (χ0v) is 52.1. The highest BCUT2D eigenvalue weighted by molar-refractivity contribution is 7.81. The van der Waals surface area contributed by atoms with Crippen molar-refractivity contribution >= 4 is 121 Å². The van der Waals surface area contributed by atoms with Gasteiger partial charge in [0.25, 0.3) is 17.7 Å². The number of phenolic OH excluding ortho intramolecular Hbond substituents is 1. The molecule has 5 heterocycles. The molecule has 0 bridgehead atoms. The van der Waals surface area contributed by atoms with E-state index in [9.17, 15) is 32.7 Å². The van der Waals surface area contributed by atoms with Gasteiger partial charge in [-0.25, -0.2) is 27.7 Å². The van der Waals surface area contributed by atoms with Gasteiger partial charge in [-0.3, -0.25) is 29.1 Å². The summed E-state index contributed by atoms with van der Waals surface area (Å²) in [4.78, 5) is 59.1. The number of ether oxygens (including phenoxy) is 2. The maximum absolute atomic E-state index is 14.8. The smallest absolute Gasteiger partial charge is 0.259 e. The summed E-state index contributed by atoms with van der Waals surface area (Å²) < 4.78 is 55.0. The van der Waals surface area contributed by atoms with Crippen LogP contribution in [0.15, 0.2) is 109 Å². The summed E-state index contributed by atoms with van der Waals surface area (Å²) in [6.07, 6.45) is 1.56. The Balaban J connectivity index is 0.000000158. The molecule has 11 rings (SSSR count). The number of nitrogens with zero attached hydrogens (tertiary/aromatic N) is 9. The second kappa shape index (κ2) is 25.0. The number of halogens is 3. The van der Waals surface area contributed by atoms with E-state index >= 15 is 0 Å². The molecule has 3 N–H and O–H groups in total. The topological polar surface area (TPSA) is 146 Å². The minimum absolute atomic E-state index is 0.0524. The highest BCUT2D eigenvalue weighted by Crippen LogP contribution is 2.43. The number of phenols is 1. The number of aromatic hydroxyl groups is 1. The van der Waals surface area contributed by atoms with Gasteiger partial charge in [0.1, 0.15) is 28.8 Å². The molecule has 6 aromatic rings. The van der Waals surface area contributed by atoms with E-state index in [4.69, 9.17) is 65.8 Å². The molecule has 5 saturated heterocycles. The average molecular weight is 1250 g/mol. The molecule has 5 aliphatic rings. The van der Waals surface area contributed by atoms with Crippen LogP contribution in [0.25, 0.3) is 14.5 Å². The molecule has 0 saturated carbocycles. The van der Waals surface area contributed by atoms with Crippen molar-refractivity contribution in [3.05, 3.63) is 178 Å². The molecule has 5 fully saturated rings. The zero-order chi connectivity index (χ0) is 63.9. The van der Waals surface area contributed by atoms with E-state index < -0.39 is 39.8 Å². The lowest BCUT2D eigenvalue weighted by Gasteiger charge is -2.29. The second-order valence-electron chi connectivity index (χ2n) is 23.0. The van der Waals surface area contributed by atoms with Gasteiger partial charge in [-0.2, -0.15) is 0 Å². The number of hydrogen-bond donors (Lipinski definition) is 3. The van der Waals surface area contributed by atoms with Gasteiger partial charge >= 0.3 is 0 Å². The summed E-state index contributed by atoms with van der Waals surface area (Å²) in [5.74, 6) is -2.56. The predicted octanol–water partition coefficient (Wildman–Crippen LogP) is 13.0. The molecule has 452 valence electrons. The lowest BCUT2D eigenvalue weighted by Crippen LogP contribution is -2.44. The normalized spacial score (nSPS) is 19.1. The van der Waals surface area contributed by atoms with Gasteiger partial charge in [0.2, 0.25) is 0 Å². The molecule has 17 nitrogen and oxygen atoms in total. The fraction of sp³-hybridized carbons (Fsp3) is 0.308. The van der Waals surface area contributed by atoms with Crippen LogP contribution in [0.1, 0.15) is 71.1 Å². The number of anilines is 6. The van der Waals surface area contributed by atoms with Crippen molar-refractivity contribution < 1.29 is 42.1 Å². The summed E-state index contributed by atoms with van der Waals surface area (Å²) >= 11 is 16.8. The number of amides is 3. The van der Waals surface area contributed by atoms with E-state index in [1.165, 1.54) is 39.0 Å². The average Bonchev–Trinajstić information content (AvgIpc) is 1.86. The molecular formula is C65H62F3N11O6S3. The molecule has 23 heteroatoms. The fourth-order valence-electron chi connectivity index (χ4n) is 11.0. The predicted molar refractivity (Wildman–Crippen MR) is 347 cm³/mol. The van der Waals surface area contributed by atoms with Gasteiger partial charge < -0.3 is 39.9 Å². The van der Waals surface area contributed by atoms with Crippen molar-refractivity contribution in [1.82, 2.24) is 10.6 Å². The molecule has 0 aromatic heterocycles. The van der Waals surface area contributed by atoms with Crippen LogP contribution in [-0.2, 0) is 14.4 Å². The van der Waals surface area contributed by atoms with Crippen LogP contribution in [0.4, 0.5) is 64.4 Å². The van der Waals surface area contributed by atoms with Crippen molar-refractivity contribution in [2.45, 2.75) is 104 Å². The maximum Gasteiger partial charge on any atom is 0.259 e. The van der Waals surface area contributed by atoms with Crippen molar-refractivity contribution in [3.8, 4) is 17.2 Å². The van der Waals surface area contributed by atoms with Crippen LogP contribution < -0.4 is 49.5 Å². The first-order chi connectivity index (χ1) is 41.6. The molecule has 88 heavy (non-hydrogen) atoms. The number of carbonyl (C=O) groups is 3. The van der Waals surface area contributed by atoms with Gasteiger partial charge in [-0.05, 0) is 214 Å². The Morgan fingerprint density at radius 3 is 1.03 bits per heavy atom. The monoisotopic (exact) mass is 1250 g/mol. The van der Waals surface area contributed by atoms with Gasteiger partial charge in [-0.15, -0.1) is 0 Å². The molecule has 0 radical (unpaired) electrons.